The predicted molar refractivity (Wildman–Crippen MR) is 90.1 cm³/mol. The zero-order chi connectivity index (χ0) is 14.7. The minimum atomic E-state index is 0.273. The quantitative estimate of drug-likeness (QED) is 0.824. The van der Waals surface area contributed by atoms with E-state index in [2.05, 4.69) is 55.5 Å². The summed E-state index contributed by atoms with van der Waals surface area (Å²) in [7, 11) is 0. The summed E-state index contributed by atoms with van der Waals surface area (Å²) in [4.78, 5) is 5.04. The second-order valence-electron chi connectivity index (χ2n) is 5.48. The van der Waals surface area contributed by atoms with Crippen LogP contribution in [0.4, 0.5) is 0 Å². The maximum atomic E-state index is 9.75. The summed E-state index contributed by atoms with van der Waals surface area (Å²) in [5.41, 5.74) is 1.22. The molecule has 0 aromatic heterocycles. The van der Waals surface area contributed by atoms with Crippen molar-refractivity contribution in [1.29, 1.82) is 0 Å². The highest BCUT2D eigenvalue weighted by Gasteiger charge is 2.20. The van der Waals surface area contributed by atoms with Crippen molar-refractivity contribution in [2.24, 2.45) is 0 Å². The van der Waals surface area contributed by atoms with Gasteiger partial charge in [0.2, 0.25) is 0 Å². The van der Waals surface area contributed by atoms with Crippen molar-refractivity contribution in [2.45, 2.75) is 32.9 Å². The molecule has 0 aliphatic carbocycles. The number of hydrogen-bond acceptors (Lipinski definition) is 3. The van der Waals surface area contributed by atoms with Crippen LogP contribution in [-0.2, 0) is 6.54 Å². The summed E-state index contributed by atoms with van der Waals surface area (Å²) in [5, 5.41) is 9.75. The predicted octanol–water partition coefficient (Wildman–Crippen LogP) is 3.83. The van der Waals surface area contributed by atoms with Crippen LogP contribution < -0.4 is 0 Å². The second-order valence-corrected chi connectivity index (χ2v) is 7.19. The van der Waals surface area contributed by atoms with Crippen LogP contribution in [0.5, 0.6) is 5.75 Å². The highest BCUT2D eigenvalue weighted by molar-refractivity contribution is 9.11. The SMILES string of the molecule is CCC(C)N1CCN(Cc2cc(Br)c(O)c(Br)c2)CC1. The first-order valence-corrected chi connectivity index (χ1v) is 8.73. The summed E-state index contributed by atoms with van der Waals surface area (Å²) >= 11 is 6.79. The number of phenols is 1. The molecule has 1 fully saturated rings. The van der Waals surface area contributed by atoms with Crippen LogP contribution >= 0.6 is 31.9 Å². The molecule has 1 aliphatic rings. The molecule has 1 saturated heterocycles. The Labute approximate surface area is 138 Å². The normalized spacial score (nSPS) is 19.2. The highest BCUT2D eigenvalue weighted by atomic mass is 79.9. The first-order valence-electron chi connectivity index (χ1n) is 7.14. The van der Waals surface area contributed by atoms with Crippen molar-refractivity contribution < 1.29 is 5.11 Å². The molecule has 2 rings (SSSR count). The summed E-state index contributed by atoms with van der Waals surface area (Å²) in [6.45, 7) is 10.0. The van der Waals surface area contributed by atoms with Gasteiger partial charge in [0.1, 0.15) is 5.75 Å². The van der Waals surface area contributed by atoms with E-state index in [-0.39, 0.29) is 5.75 Å². The largest absolute Gasteiger partial charge is 0.506 e. The molecule has 3 nitrogen and oxygen atoms in total. The third kappa shape index (κ3) is 3.97. The lowest BCUT2D eigenvalue weighted by atomic mass is 10.1. The van der Waals surface area contributed by atoms with Gasteiger partial charge in [0.05, 0.1) is 8.95 Å². The highest BCUT2D eigenvalue weighted by Crippen LogP contribution is 2.33. The van der Waals surface area contributed by atoms with Crippen LogP contribution in [0.1, 0.15) is 25.8 Å². The van der Waals surface area contributed by atoms with Gasteiger partial charge in [0.25, 0.3) is 0 Å². The fourth-order valence-electron chi connectivity index (χ4n) is 2.59. The number of rotatable bonds is 4. The zero-order valence-electron chi connectivity index (χ0n) is 12.1. The first-order chi connectivity index (χ1) is 9.51. The van der Waals surface area contributed by atoms with E-state index in [1.807, 2.05) is 12.1 Å². The Balaban J connectivity index is 1.93. The van der Waals surface area contributed by atoms with Gasteiger partial charge in [-0.05, 0) is 62.9 Å². The Morgan fingerprint density at radius 2 is 1.70 bits per heavy atom. The van der Waals surface area contributed by atoms with E-state index in [0.29, 0.717) is 6.04 Å². The Morgan fingerprint density at radius 3 is 2.20 bits per heavy atom. The Kier molecular flexibility index (Phi) is 5.90. The van der Waals surface area contributed by atoms with Gasteiger partial charge in [-0.2, -0.15) is 0 Å². The van der Waals surface area contributed by atoms with E-state index >= 15 is 0 Å². The minimum Gasteiger partial charge on any atom is -0.506 e. The topological polar surface area (TPSA) is 26.7 Å². The van der Waals surface area contributed by atoms with E-state index in [9.17, 15) is 5.11 Å². The molecule has 0 bridgehead atoms. The molecular weight excluding hydrogens is 384 g/mol. The fraction of sp³-hybridized carbons (Fsp3) is 0.600. The van der Waals surface area contributed by atoms with Gasteiger partial charge in [0, 0.05) is 38.8 Å². The molecule has 1 unspecified atom stereocenters. The van der Waals surface area contributed by atoms with Crippen LogP contribution in [0, 0.1) is 0 Å². The summed E-state index contributed by atoms with van der Waals surface area (Å²) in [6, 6.07) is 4.69. The first kappa shape index (κ1) is 16.3. The van der Waals surface area contributed by atoms with E-state index in [1.54, 1.807) is 0 Å². The van der Waals surface area contributed by atoms with Crippen LogP contribution in [0.3, 0.4) is 0 Å². The van der Waals surface area contributed by atoms with Crippen molar-refractivity contribution in [2.75, 3.05) is 26.2 Å². The summed E-state index contributed by atoms with van der Waals surface area (Å²) in [6.07, 6.45) is 1.22. The van der Waals surface area contributed by atoms with Gasteiger partial charge in [-0.15, -0.1) is 0 Å². The number of hydrogen-bond donors (Lipinski definition) is 1. The molecule has 0 amide bonds. The van der Waals surface area contributed by atoms with Crippen LogP contribution in [0.2, 0.25) is 0 Å². The summed E-state index contributed by atoms with van der Waals surface area (Å²) in [5.74, 6) is 0.273. The third-order valence-electron chi connectivity index (χ3n) is 4.10. The Bertz CT molecular complexity index is 436. The van der Waals surface area contributed by atoms with Crippen molar-refractivity contribution in [3.8, 4) is 5.75 Å². The smallest absolute Gasteiger partial charge is 0.143 e. The van der Waals surface area contributed by atoms with Crippen molar-refractivity contribution >= 4 is 31.9 Å². The van der Waals surface area contributed by atoms with Gasteiger partial charge in [0.15, 0.2) is 0 Å². The minimum absolute atomic E-state index is 0.273. The summed E-state index contributed by atoms with van der Waals surface area (Å²) < 4.78 is 1.50. The van der Waals surface area contributed by atoms with Crippen molar-refractivity contribution in [3.05, 3.63) is 26.6 Å². The Morgan fingerprint density at radius 1 is 1.15 bits per heavy atom. The van der Waals surface area contributed by atoms with E-state index in [0.717, 1.165) is 41.7 Å². The molecule has 112 valence electrons. The van der Waals surface area contributed by atoms with E-state index in [1.165, 1.54) is 12.0 Å². The maximum Gasteiger partial charge on any atom is 0.143 e. The van der Waals surface area contributed by atoms with Crippen molar-refractivity contribution in [3.63, 3.8) is 0 Å². The lowest BCUT2D eigenvalue weighted by Gasteiger charge is -2.37. The van der Waals surface area contributed by atoms with Crippen LogP contribution in [-0.4, -0.2) is 47.1 Å². The van der Waals surface area contributed by atoms with Crippen LogP contribution in [0.15, 0.2) is 21.1 Å². The number of nitrogens with zero attached hydrogens (tertiary/aromatic N) is 2. The van der Waals surface area contributed by atoms with Gasteiger partial charge < -0.3 is 5.11 Å². The third-order valence-corrected chi connectivity index (χ3v) is 5.31. The molecule has 1 heterocycles. The lowest BCUT2D eigenvalue weighted by Crippen LogP contribution is -2.48. The monoisotopic (exact) mass is 404 g/mol. The molecule has 1 aromatic rings. The molecule has 0 spiro atoms. The van der Waals surface area contributed by atoms with Gasteiger partial charge in [-0.3, -0.25) is 9.80 Å². The second kappa shape index (κ2) is 7.25. The molecule has 1 aliphatic heterocycles. The number of piperazine rings is 1. The van der Waals surface area contributed by atoms with Crippen LogP contribution in [0.25, 0.3) is 0 Å². The lowest BCUT2D eigenvalue weighted by molar-refractivity contribution is 0.0963. The molecule has 20 heavy (non-hydrogen) atoms. The molecule has 1 N–H and O–H groups in total. The van der Waals surface area contributed by atoms with E-state index in [4.69, 9.17) is 0 Å². The van der Waals surface area contributed by atoms with Gasteiger partial charge in [-0.25, -0.2) is 0 Å². The maximum absolute atomic E-state index is 9.75. The fourth-order valence-corrected chi connectivity index (χ4v) is 3.87. The number of phenolic OH excluding ortho intramolecular Hbond substituents is 1. The average molecular weight is 406 g/mol. The zero-order valence-corrected chi connectivity index (χ0v) is 15.2. The number of halogens is 2. The molecular formula is C15H22Br2N2O. The number of aromatic hydroxyl groups is 1. The molecule has 1 aromatic carbocycles. The molecule has 0 radical (unpaired) electrons. The molecule has 1 atom stereocenters. The van der Waals surface area contributed by atoms with Gasteiger partial charge in [-0.1, -0.05) is 6.92 Å². The van der Waals surface area contributed by atoms with Crippen molar-refractivity contribution in [1.82, 2.24) is 9.80 Å². The van der Waals surface area contributed by atoms with Gasteiger partial charge >= 0.3 is 0 Å². The number of benzene rings is 1. The van der Waals surface area contributed by atoms with E-state index < -0.39 is 0 Å². The molecule has 5 heteroatoms. The standard InChI is InChI=1S/C15H22Br2N2O/c1-3-11(2)19-6-4-18(5-7-19)10-12-8-13(16)15(20)14(17)9-12/h8-9,11,20H,3-7,10H2,1-2H3. The Hall–Kier alpha value is -0.100. The average Bonchev–Trinajstić information content (AvgIpc) is 2.44. The molecule has 0 saturated carbocycles.